The highest BCUT2D eigenvalue weighted by atomic mass is 35.5. The van der Waals surface area contributed by atoms with E-state index in [9.17, 15) is 0 Å². The van der Waals surface area contributed by atoms with Gasteiger partial charge in [-0.05, 0) is 25.5 Å². The Hall–Kier alpha value is -0.950. The molecule has 1 aromatic rings. The lowest BCUT2D eigenvalue weighted by Gasteiger charge is -2.08. The molecule has 0 radical (unpaired) electrons. The molecule has 0 saturated heterocycles. The zero-order chi connectivity index (χ0) is 9.14. The summed E-state index contributed by atoms with van der Waals surface area (Å²) in [6.07, 6.45) is 0. The first-order valence-electron chi connectivity index (χ1n) is 3.69. The van der Waals surface area contributed by atoms with Crippen LogP contribution in [0.3, 0.4) is 0 Å². The quantitative estimate of drug-likeness (QED) is 0.636. The van der Waals surface area contributed by atoms with Gasteiger partial charge in [0.05, 0.1) is 10.8 Å². The van der Waals surface area contributed by atoms with E-state index >= 15 is 0 Å². The van der Waals surface area contributed by atoms with Crippen molar-refractivity contribution in [3.05, 3.63) is 41.1 Å². The van der Waals surface area contributed by atoms with E-state index < -0.39 is 0 Å². The average molecular weight is 183 g/mol. The van der Waals surface area contributed by atoms with Crippen molar-refractivity contribution in [1.82, 2.24) is 0 Å². The smallest absolute Gasteiger partial charge is 0.148 e. The Morgan fingerprint density at radius 3 is 2.67 bits per heavy atom. The lowest BCUT2D eigenvalue weighted by molar-refractivity contribution is 0.427. The molecule has 0 amide bonds. The lowest BCUT2D eigenvalue weighted by atomic mass is 10.2. The largest absolute Gasteiger partial charge is 0.461 e. The van der Waals surface area contributed by atoms with Gasteiger partial charge in [0.25, 0.3) is 0 Å². The van der Waals surface area contributed by atoms with Crippen LogP contribution in [0.2, 0.25) is 5.02 Å². The lowest BCUT2D eigenvalue weighted by Crippen LogP contribution is -1.91. The summed E-state index contributed by atoms with van der Waals surface area (Å²) >= 11 is 5.91. The molecule has 0 unspecified atom stereocenters. The minimum Gasteiger partial charge on any atom is -0.461 e. The maximum absolute atomic E-state index is 5.91. The highest BCUT2D eigenvalue weighted by Crippen LogP contribution is 2.28. The molecule has 0 saturated carbocycles. The highest BCUT2D eigenvalue weighted by Gasteiger charge is 2.03. The van der Waals surface area contributed by atoms with Gasteiger partial charge in [-0.2, -0.15) is 0 Å². The number of para-hydroxylation sites is 1. The van der Waals surface area contributed by atoms with Crippen molar-refractivity contribution in [2.24, 2.45) is 0 Å². The molecule has 0 spiro atoms. The second-order valence-electron chi connectivity index (χ2n) is 2.69. The van der Waals surface area contributed by atoms with Crippen molar-refractivity contribution in [2.45, 2.75) is 13.8 Å². The van der Waals surface area contributed by atoms with E-state index in [4.69, 9.17) is 16.3 Å². The molecule has 1 nitrogen and oxygen atoms in total. The number of ether oxygens (including phenoxy) is 1. The maximum Gasteiger partial charge on any atom is 0.148 e. The first kappa shape index (κ1) is 9.14. The van der Waals surface area contributed by atoms with Crippen LogP contribution in [0.1, 0.15) is 12.5 Å². The Morgan fingerprint density at radius 2 is 2.17 bits per heavy atom. The number of allylic oxidation sites excluding steroid dienone is 1. The van der Waals surface area contributed by atoms with Gasteiger partial charge in [-0.3, -0.25) is 0 Å². The minimum absolute atomic E-state index is 0.623. The second kappa shape index (κ2) is 3.63. The Bertz CT molecular complexity index is 284. The molecule has 0 atom stereocenters. The average Bonchev–Trinajstić information content (AvgIpc) is 1.97. The summed E-state index contributed by atoms with van der Waals surface area (Å²) in [6.45, 7) is 7.39. The van der Waals surface area contributed by atoms with Crippen molar-refractivity contribution in [1.29, 1.82) is 0 Å². The van der Waals surface area contributed by atoms with Gasteiger partial charge >= 0.3 is 0 Å². The fourth-order valence-corrected chi connectivity index (χ4v) is 1.18. The van der Waals surface area contributed by atoms with Gasteiger partial charge in [-0.15, -0.1) is 0 Å². The molecule has 12 heavy (non-hydrogen) atoms. The van der Waals surface area contributed by atoms with Gasteiger partial charge < -0.3 is 4.74 Å². The van der Waals surface area contributed by atoms with Gasteiger partial charge in [0.2, 0.25) is 0 Å². The first-order valence-corrected chi connectivity index (χ1v) is 4.07. The first-order chi connectivity index (χ1) is 5.61. The van der Waals surface area contributed by atoms with Crippen LogP contribution in [-0.4, -0.2) is 0 Å². The summed E-state index contributed by atoms with van der Waals surface area (Å²) in [4.78, 5) is 0. The third-order valence-corrected chi connectivity index (χ3v) is 1.74. The Labute approximate surface area is 77.6 Å². The molecule has 0 bridgehead atoms. The van der Waals surface area contributed by atoms with E-state index in [1.54, 1.807) is 13.0 Å². The van der Waals surface area contributed by atoms with Crippen LogP contribution in [0.15, 0.2) is 30.5 Å². The zero-order valence-electron chi connectivity index (χ0n) is 7.23. The summed E-state index contributed by atoms with van der Waals surface area (Å²) < 4.78 is 5.35. The molecule has 0 aliphatic rings. The van der Waals surface area contributed by atoms with Crippen molar-refractivity contribution in [2.75, 3.05) is 0 Å². The molecule has 0 aromatic heterocycles. The number of rotatable bonds is 2. The predicted octanol–water partition coefficient (Wildman–Crippen LogP) is 3.56. The fourth-order valence-electron chi connectivity index (χ4n) is 0.920. The minimum atomic E-state index is 0.623. The fraction of sp³-hybridized carbons (Fsp3) is 0.200. The molecule has 64 valence electrons. The van der Waals surface area contributed by atoms with Crippen molar-refractivity contribution in [3.8, 4) is 5.75 Å². The summed E-state index contributed by atoms with van der Waals surface area (Å²) in [5.41, 5.74) is 1.02. The molecule has 0 N–H and O–H groups in total. The van der Waals surface area contributed by atoms with Crippen LogP contribution in [0.25, 0.3) is 0 Å². The van der Waals surface area contributed by atoms with Gasteiger partial charge in [0.15, 0.2) is 0 Å². The molecular formula is C10H11ClO. The number of benzene rings is 1. The van der Waals surface area contributed by atoms with E-state index in [0.29, 0.717) is 16.5 Å². The van der Waals surface area contributed by atoms with Crippen molar-refractivity contribution in [3.63, 3.8) is 0 Å². The van der Waals surface area contributed by atoms with Crippen molar-refractivity contribution >= 4 is 11.6 Å². The molecule has 0 aliphatic heterocycles. The molecule has 2 heteroatoms. The summed E-state index contributed by atoms with van der Waals surface area (Å²) in [6, 6.07) is 5.64. The SMILES string of the molecule is C=C(C)Oc1c(C)cccc1Cl. The molecular weight excluding hydrogens is 172 g/mol. The van der Waals surface area contributed by atoms with E-state index in [-0.39, 0.29) is 0 Å². The zero-order valence-corrected chi connectivity index (χ0v) is 7.98. The molecule has 0 fully saturated rings. The molecule has 1 aromatic carbocycles. The van der Waals surface area contributed by atoms with Crippen LogP contribution in [0, 0.1) is 6.92 Å². The van der Waals surface area contributed by atoms with Gasteiger partial charge in [-0.25, -0.2) is 0 Å². The number of halogens is 1. The molecule has 0 aliphatic carbocycles. The second-order valence-corrected chi connectivity index (χ2v) is 3.10. The highest BCUT2D eigenvalue weighted by molar-refractivity contribution is 6.32. The number of hydrogen-bond donors (Lipinski definition) is 0. The molecule has 1 rings (SSSR count). The monoisotopic (exact) mass is 182 g/mol. The Balaban J connectivity index is 3.04. The summed E-state index contributed by atoms with van der Waals surface area (Å²) in [5, 5.41) is 0.623. The Kier molecular flexibility index (Phi) is 2.77. The van der Waals surface area contributed by atoms with E-state index in [1.165, 1.54) is 0 Å². The van der Waals surface area contributed by atoms with Crippen LogP contribution < -0.4 is 4.74 Å². The predicted molar refractivity (Wildman–Crippen MR) is 51.6 cm³/mol. The maximum atomic E-state index is 5.91. The molecule has 0 heterocycles. The van der Waals surface area contributed by atoms with Crippen LogP contribution in [-0.2, 0) is 0 Å². The van der Waals surface area contributed by atoms with Gasteiger partial charge in [-0.1, -0.05) is 30.3 Å². The van der Waals surface area contributed by atoms with Crippen LogP contribution in [0.4, 0.5) is 0 Å². The summed E-state index contributed by atoms with van der Waals surface area (Å²) in [7, 11) is 0. The summed E-state index contributed by atoms with van der Waals surface area (Å²) in [5.74, 6) is 1.35. The Morgan fingerprint density at radius 1 is 1.50 bits per heavy atom. The third-order valence-electron chi connectivity index (χ3n) is 1.44. The number of aryl methyl sites for hydroxylation is 1. The van der Waals surface area contributed by atoms with E-state index in [1.807, 2.05) is 19.1 Å². The van der Waals surface area contributed by atoms with Crippen molar-refractivity contribution < 1.29 is 4.74 Å². The number of hydrogen-bond acceptors (Lipinski definition) is 1. The topological polar surface area (TPSA) is 9.23 Å². The standard InChI is InChI=1S/C10H11ClO/c1-7(2)12-10-8(3)5-4-6-9(10)11/h4-6H,1H2,2-3H3. The van der Waals surface area contributed by atoms with Crippen LogP contribution >= 0.6 is 11.6 Å². The van der Waals surface area contributed by atoms with Gasteiger partial charge in [0, 0.05) is 0 Å². The van der Waals surface area contributed by atoms with E-state index in [2.05, 4.69) is 6.58 Å². The van der Waals surface area contributed by atoms with Crippen LogP contribution in [0.5, 0.6) is 5.75 Å². The normalized spacial score (nSPS) is 9.58. The van der Waals surface area contributed by atoms with E-state index in [0.717, 1.165) is 5.56 Å². The third kappa shape index (κ3) is 2.02. The van der Waals surface area contributed by atoms with Gasteiger partial charge in [0.1, 0.15) is 5.75 Å².